The number of nitrogens with one attached hydrogen (secondary N) is 1. The molecule has 22 heavy (non-hydrogen) atoms. The van der Waals surface area contributed by atoms with Crippen LogP contribution in [-0.4, -0.2) is 27.6 Å². The first-order chi connectivity index (χ1) is 10.4. The van der Waals surface area contributed by atoms with Gasteiger partial charge in [0.1, 0.15) is 0 Å². The summed E-state index contributed by atoms with van der Waals surface area (Å²) in [4.78, 5) is 31.0. The number of aryl methyl sites for hydroxylation is 2. The number of rotatable bonds is 5. The molecule has 0 aliphatic rings. The number of aromatic carboxylic acids is 1. The van der Waals surface area contributed by atoms with Crippen LogP contribution in [0.1, 0.15) is 21.7 Å². The fourth-order valence-electron chi connectivity index (χ4n) is 1.77. The molecule has 0 bridgehead atoms. The van der Waals surface area contributed by atoms with Crippen molar-refractivity contribution in [1.29, 1.82) is 0 Å². The van der Waals surface area contributed by atoms with Crippen molar-refractivity contribution >= 4 is 29.3 Å². The van der Waals surface area contributed by atoms with E-state index in [9.17, 15) is 14.7 Å². The van der Waals surface area contributed by atoms with Gasteiger partial charge >= 0.3 is 0 Å². The van der Waals surface area contributed by atoms with E-state index in [0.29, 0.717) is 10.8 Å². The number of hydrogen-bond donors (Lipinski definition) is 1. The van der Waals surface area contributed by atoms with Crippen molar-refractivity contribution in [1.82, 2.24) is 9.97 Å². The van der Waals surface area contributed by atoms with E-state index in [4.69, 9.17) is 0 Å². The van der Waals surface area contributed by atoms with Crippen molar-refractivity contribution in [3.05, 3.63) is 47.3 Å². The fourth-order valence-corrected chi connectivity index (χ4v) is 2.52. The lowest BCUT2D eigenvalue weighted by Crippen LogP contribution is -2.22. The van der Waals surface area contributed by atoms with Crippen LogP contribution in [0.15, 0.2) is 35.5 Å². The number of aromatic nitrogens is 2. The second kappa shape index (κ2) is 7.04. The molecule has 114 valence electrons. The summed E-state index contributed by atoms with van der Waals surface area (Å²) in [7, 11) is 0. The molecule has 0 fully saturated rings. The third-order valence-electron chi connectivity index (χ3n) is 2.70. The molecule has 6 nitrogen and oxygen atoms in total. The van der Waals surface area contributed by atoms with Crippen molar-refractivity contribution in [3.63, 3.8) is 0 Å². The van der Waals surface area contributed by atoms with Crippen molar-refractivity contribution in [3.8, 4) is 0 Å². The van der Waals surface area contributed by atoms with Crippen molar-refractivity contribution in [2.45, 2.75) is 19.0 Å². The molecule has 0 atom stereocenters. The lowest BCUT2D eigenvalue weighted by molar-refractivity contribution is -0.255. The molecule has 0 aliphatic heterocycles. The summed E-state index contributed by atoms with van der Waals surface area (Å²) >= 11 is 1.25. The molecular weight excluding hydrogens is 302 g/mol. The predicted molar refractivity (Wildman–Crippen MR) is 81.6 cm³/mol. The zero-order valence-corrected chi connectivity index (χ0v) is 12.9. The lowest BCUT2D eigenvalue weighted by Gasteiger charge is -2.07. The van der Waals surface area contributed by atoms with Crippen molar-refractivity contribution in [2.24, 2.45) is 0 Å². The molecule has 0 saturated carbocycles. The zero-order valence-electron chi connectivity index (χ0n) is 12.1. The molecule has 0 unspecified atom stereocenters. The van der Waals surface area contributed by atoms with Crippen LogP contribution in [0.2, 0.25) is 0 Å². The molecule has 2 aromatic rings. The van der Waals surface area contributed by atoms with E-state index in [1.54, 1.807) is 0 Å². The topological polar surface area (TPSA) is 95.0 Å². The summed E-state index contributed by atoms with van der Waals surface area (Å²) < 4.78 is 0. The monoisotopic (exact) mass is 316 g/mol. The quantitative estimate of drug-likeness (QED) is 0.657. The summed E-state index contributed by atoms with van der Waals surface area (Å²) in [5.74, 6) is -1.29. The minimum absolute atomic E-state index is 0.0657. The van der Waals surface area contributed by atoms with Gasteiger partial charge < -0.3 is 15.2 Å². The van der Waals surface area contributed by atoms with Gasteiger partial charge in [-0.1, -0.05) is 23.9 Å². The smallest absolute Gasteiger partial charge is 0.234 e. The van der Waals surface area contributed by atoms with Gasteiger partial charge in [-0.2, -0.15) is 0 Å². The van der Waals surface area contributed by atoms with Crippen molar-refractivity contribution in [2.75, 3.05) is 11.1 Å². The highest BCUT2D eigenvalue weighted by molar-refractivity contribution is 7.99. The third-order valence-corrected chi connectivity index (χ3v) is 3.55. The number of thioether (sulfide) groups is 1. The maximum atomic E-state index is 11.9. The van der Waals surface area contributed by atoms with Gasteiger partial charge in [-0.15, -0.1) is 0 Å². The minimum atomic E-state index is -1.25. The average molecular weight is 316 g/mol. The minimum Gasteiger partial charge on any atom is -0.545 e. The highest BCUT2D eigenvalue weighted by Crippen LogP contribution is 2.15. The number of carbonyl (C=O) groups excluding carboxylic acids is 2. The highest BCUT2D eigenvalue weighted by Gasteiger charge is 2.07. The molecule has 1 N–H and O–H groups in total. The van der Waals surface area contributed by atoms with E-state index in [2.05, 4.69) is 15.3 Å². The fraction of sp³-hybridized carbons (Fsp3) is 0.200. The van der Waals surface area contributed by atoms with Gasteiger partial charge in [0.15, 0.2) is 5.16 Å². The SMILES string of the molecule is Cc1cc(C)nc(SCC(=O)Nc2ccc(C(=O)[O-])cc2)n1. The number of amides is 1. The molecule has 1 amide bonds. The van der Waals surface area contributed by atoms with Crippen LogP contribution in [0.4, 0.5) is 5.69 Å². The second-order valence-electron chi connectivity index (χ2n) is 4.63. The van der Waals surface area contributed by atoms with Crippen LogP contribution < -0.4 is 10.4 Å². The molecule has 0 aliphatic carbocycles. The maximum Gasteiger partial charge on any atom is 0.234 e. The van der Waals surface area contributed by atoms with Gasteiger partial charge in [0.05, 0.1) is 11.7 Å². The Kier molecular flexibility index (Phi) is 5.11. The summed E-state index contributed by atoms with van der Waals surface area (Å²) in [5.41, 5.74) is 2.30. The molecule has 0 radical (unpaired) electrons. The first kappa shape index (κ1) is 16.0. The Morgan fingerprint density at radius 2 is 1.73 bits per heavy atom. The summed E-state index contributed by atoms with van der Waals surface area (Å²) in [5, 5.41) is 13.9. The summed E-state index contributed by atoms with van der Waals surface area (Å²) in [6.45, 7) is 3.75. The number of hydrogen-bond acceptors (Lipinski definition) is 6. The van der Waals surface area contributed by atoms with Crippen LogP contribution in [0.5, 0.6) is 0 Å². The number of benzene rings is 1. The largest absolute Gasteiger partial charge is 0.545 e. The average Bonchev–Trinajstić information content (AvgIpc) is 2.45. The number of carboxylic acid groups (broad SMARTS) is 1. The third kappa shape index (κ3) is 4.56. The van der Waals surface area contributed by atoms with Gasteiger partial charge in [-0.3, -0.25) is 4.79 Å². The Bertz CT molecular complexity index is 681. The van der Waals surface area contributed by atoms with Gasteiger partial charge in [-0.05, 0) is 37.6 Å². The molecular formula is C15H14N3O3S-. The Balaban J connectivity index is 1.91. The van der Waals surface area contributed by atoms with Crippen molar-refractivity contribution < 1.29 is 14.7 Å². The Morgan fingerprint density at radius 3 is 2.27 bits per heavy atom. The van der Waals surface area contributed by atoms with Gasteiger partial charge in [0, 0.05) is 17.1 Å². The summed E-state index contributed by atoms with van der Waals surface area (Å²) in [6, 6.07) is 7.65. The van der Waals surface area contributed by atoms with E-state index in [1.807, 2.05) is 19.9 Å². The van der Waals surface area contributed by atoms with Gasteiger partial charge in [0.2, 0.25) is 5.91 Å². The second-order valence-corrected chi connectivity index (χ2v) is 5.58. The summed E-state index contributed by atoms with van der Waals surface area (Å²) in [6.07, 6.45) is 0. The Morgan fingerprint density at radius 1 is 1.14 bits per heavy atom. The lowest BCUT2D eigenvalue weighted by atomic mass is 10.2. The highest BCUT2D eigenvalue weighted by atomic mass is 32.2. The number of anilines is 1. The standard InChI is InChI=1S/C15H15N3O3S/c1-9-7-10(2)17-15(16-9)22-8-13(19)18-12-5-3-11(4-6-12)14(20)21/h3-7H,8H2,1-2H3,(H,18,19)(H,20,21)/p-1. The molecule has 2 rings (SSSR count). The molecule has 7 heteroatoms. The molecule has 1 heterocycles. The molecule has 0 saturated heterocycles. The van der Waals surface area contributed by atoms with Crippen LogP contribution in [-0.2, 0) is 4.79 Å². The van der Waals surface area contributed by atoms with Crippen LogP contribution in [0, 0.1) is 13.8 Å². The zero-order chi connectivity index (χ0) is 16.1. The number of carbonyl (C=O) groups is 2. The van der Waals surface area contributed by atoms with Gasteiger partial charge in [0.25, 0.3) is 0 Å². The molecule has 0 spiro atoms. The van der Waals surface area contributed by atoms with Crippen LogP contribution >= 0.6 is 11.8 Å². The number of carboxylic acids is 1. The molecule has 1 aromatic carbocycles. The van der Waals surface area contributed by atoms with E-state index in [1.165, 1.54) is 36.0 Å². The number of nitrogens with zero attached hydrogens (tertiary/aromatic N) is 2. The van der Waals surface area contributed by atoms with Crippen LogP contribution in [0.3, 0.4) is 0 Å². The van der Waals surface area contributed by atoms with E-state index in [-0.39, 0.29) is 17.2 Å². The first-order valence-corrected chi connectivity index (χ1v) is 7.49. The molecule has 1 aromatic heterocycles. The maximum absolute atomic E-state index is 11.9. The van der Waals surface area contributed by atoms with E-state index in [0.717, 1.165) is 11.4 Å². The Hall–Kier alpha value is -2.41. The van der Waals surface area contributed by atoms with E-state index >= 15 is 0 Å². The first-order valence-electron chi connectivity index (χ1n) is 6.50. The van der Waals surface area contributed by atoms with E-state index < -0.39 is 5.97 Å². The predicted octanol–water partition coefficient (Wildman–Crippen LogP) is 1.19. The Labute approximate surface area is 132 Å². The van der Waals surface area contributed by atoms with Gasteiger partial charge in [-0.25, -0.2) is 9.97 Å². The normalized spacial score (nSPS) is 10.3. The van der Waals surface area contributed by atoms with Crippen LogP contribution in [0.25, 0.3) is 0 Å².